The highest BCUT2D eigenvalue weighted by Crippen LogP contribution is 2.39. The first kappa shape index (κ1) is 20.9. The Kier molecular flexibility index (Phi) is 4.59. The number of ether oxygens (including phenoxy) is 1. The average Bonchev–Trinajstić information content (AvgIpc) is 3.62. The molecule has 0 radical (unpaired) electrons. The van der Waals surface area contributed by atoms with Gasteiger partial charge >= 0.3 is 0 Å². The average molecular weight is 472 g/mol. The highest BCUT2D eigenvalue weighted by molar-refractivity contribution is 6.10. The molecule has 0 bridgehead atoms. The Labute approximate surface area is 198 Å². The van der Waals surface area contributed by atoms with Crippen molar-refractivity contribution in [2.45, 2.75) is 18.4 Å². The summed E-state index contributed by atoms with van der Waals surface area (Å²) in [6.07, 6.45) is 3.18. The van der Waals surface area contributed by atoms with Crippen molar-refractivity contribution in [2.75, 3.05) is 19.0 Å². The van der Waals surface area contributed by atoms with Gasteiger partial charge in [0.25, 0.3) is 5.91 Å². The Morgan fingerprint density at radius 1 is 1.20 bits per heavy atom. The molecule has 11 nitrogen and oxygen atoms in total. The Hall–Kier alpha value is -4.67. The number of nitrogens with one attached hydrogen (secondary N) is 3. The smallest absolute Gasteiger partial charge is 0.254 e. The molecular formula is C24H20N6O5. The van der Waals surface area contributed by atoms with Gasteiger partial charge in [0.05, 0.1) is 25.4 Å². The molecule has 0 saturated carbocycles. The van der Waals surface area contributed by atoms with Gasteiger partial charge in [-0.3, -0.25) is 24.8 Å². The number of carbonyl (C=O) groups excluding carboxylic acids is 3. The van der Waals surface area contributed by atoms with E-state index in [0.29, 0.717) is 34.8 Å². The van der Waals surface area contributed by atoms with Crippen LogP contribution in [0.15, 0.2) is 53.2 Å². The molecule has 176 valence electrons. The number of aromatic nitrogens is 3. The predicted molar refractivity (Wildman–Crippen MR) is 123 cm³/mol. The van der Waals surface area contributed by atoms with Crippen molar-refractivity contribution in [3.63, 3.8) is 0 Å². The lowest BCUT2D eigenvalue weighted by atomic mass is 9.82. The highest BCUT2D eigenvalue weighted by Gasteiger charge is 2.53. The second-order valence-electron chi connectivity index (χ2n) is 8.62. The zero-order chi connectivity index (χ0) is 24.2. The summed E-state index contributed by atoms with van der Waals surface area (Å²) in [6, 6.07) is 10.4. The van der Waals surface area contributed by atoms with Gasteiger partial charge in [0.15, 0.2) is 5.58 Å². The third kappa shape index (κ3) is 3.39. The van der Waals surface area contributed by atoms with Crippen LogP contribution in [0, 0.1) is 0 Å². The summed E-state index contributed by atoms with van der Waals surface area (Å²) in [6.45, 7) is 0.305. The first-order valence-corrected chi connectivity index (χ1v) is 10.9. The summed E-state index contributed by atoms with van der Waals surface area (Å²) in [5.74, 6) is 0.268. The van der Waals surface area contributed by atoms with Gasteiger partial charge < -0.3 is 19.4 Å². The van der Waals surface area contributed by atoms with Gasteiger partial charge in [-0.05, 0) is 29.8 Å². The van der Waals surface area contributed by atoms with Crippen LogP contribution >= 0.6 is 0 Å². The zero-order valence-corrected chi connectivity index (χ0v) is 18.6. The number of methoxy groups -OCH3 is 1. The quantitative estimate of drug-likeness (QED) is 0.363. The number of hydrogen-bond donors (Lipinski definition) is 3. The number of amides is 3. The number of rotatable bonds is 6. The van der Waals surface area contributed by atoms with Crippen molar-refractivity contribution >= 4 is 40.3 Å². The van der Waals surface area contributed by atoms with Crippen molar-refractivity contribution in [3.8, 4) is 5.75 Å². The van der Waals surface area contributed by atoms with Crippen molar-refractivity contribution in [3.05, 3.63) is 65.7 Å². The van der Waals surface area contributed by atoms with Crippen LogP contribution in [0.3, 0.4) is 0 Å². The number of carbonyl (C=O) groups is 3. The Morgan fingerprint density at radius 2 is 2.09 bits per heavy atom. The van der Waals surface area contributed by atoms with Gasteiger partial charge in [0, 0.05) is 30.9 Å². The summed E-state index contributed by atoms with van der Waals surface area (Å²) in [5.41, 5.74) is 1.70. The molecule has 0 spiro atoms. The van der Waals surface area contributed by atoms with Crippen molar-refractivity contribution < 1.29 is 23.5 Å². The standard InChI is InChI=1S/C24H20N6O5/c1-34-15-3-2-13-11-30(22(32)16(13)6-15)12-24(8-21(31)29-23(24)33)19-7-17-18(35-19)4-5-20(28-17)27-14-9-25-26-10-14/h2-7,9-10H,8,11-12H2,1H3,(H,25,26)(H,27,28)(H,29,31,33)/t24-/m1/s1. The zero-order valence-electron chi connectivity index (χ0n) is 18.6. The van der Waals surface area contributed by atoms with Gasteiger partial charge in [0.1, 0.15) is 28.3 Å². The number of H-pyrrole nitrogens is 1. The minimum atomic E-state index is -1.36. The molecule has 1 saturated heterocycles. The van der Waals surface area contributed by atoms with E-state index in [1.54, 1.807) is 47.6 Å². The second kappa shape index (κ2) is 7.69. The SMILES string of the molecule is COc1ccc2c(c1)C(=O)N(C[C@@]1(c3cc4nc(Nc5cn[nH]c5)ccc4o3)CC(=O)NC1=O)C2. The maximum absolute atomic E-state index is 13.2. The Morgan fingerprint density at radius 3 is 2.83 bits per heavy atom. The second-order valence-corrected chi connectivity index (χ2v) is 8.62. The molecule has 1 fully saturated rings. The largest absolute Gasteiger partial charge is 0.497 e. The fourth-order valence-electron chi connectivity index (χ4n) is 4.67. The Bertz CT molecular complexity index is 1490. The minimum Gasteiger partial charge on any atom is -0.497 e. The van der Waals surface area contributed by atoms with E-state index in [0.717, 1.165) is 11.3 Å². The lowest BCUT2D eigenvalue weighted by Crippen LogP contribution is -2.46. The lowest BCUT2D eigenvalue weighted by Gasteiger charge is -2.28. The van der Waals surface area contributed by atoms with Crippen LogP contribution in [-0.2, 0) is 21.5 Å². The van der Waals surface area contributed by atoms with Crippen LogP contribution in [0.2, 0.25) is 0 Å². The van der Waals surface area contributed by atoms with Crippen molar-refractivity contribution in [1.82, 2.24) is 25.4 Å². The molecule has 3 amide bonds. The van der Waals surface area contributed by atoms with Gasteiger partial charge in [-0.1, -0.05) is 6.07 Å². The summed E-state index contributed by atoms with van der Waals surface area (Å²) in [4.78, 5) is 44.8. The number of hydrogen-bond acceptors (Lipinski definition) is 8. The lowest BCUT2D eigenvalue weighted by molar-refractivity contribution is -0.127. The molecule has 0 unspecified atom stereocenters. The molecule has 11 heteroatoms. The van der Waals surface area contributed by atoms with E-state index in [4.69, 9.17) is 9.15 Å². The van der Waals surface area contributed by atoms with Crippen LogP contribution in [0.5, 0.6) is 5.75 Å². The minimum absolute atomic E-state index is 0.0135. The molecule has 5 heterocycles. The van der Waals surface area contributed by atoms with Crippen LogP contribution in [-0.4, -0.2) is 51.5 Å². The molecule has 3 aromatic heterocycles. The Balaban J connectivity index is 1.35. The van der Waals surface area contributed by atoms with Gasteiger partial charge in [-0.25, -0.2) is 4.98 Å². The molecule has 4 aromatic rings. The maximum atomic E-state index is 13.2. The van der Waals surface area contributed by atoms with E-state index in [2.05, 4.69) is 25.8 Å². The predicted octanol–water partition coefficient (Wildman–Crippen LogP) is 2.24. The third-order valence-corrected chi connectivity index (χ3v) is 6.42. The number of pyridine rings is 1. The number of fused-ring (bicyclic) bond motifs is 2. The van der Waals surface area contributed by atoms with E-state index in [-0.39, 0.29) is 24.6 Å². The van der Waals surface area contributed by atoms with Crippen LogP contribution in [0.4, 0.5) is 11.5 Å². The van der Waals surface area contributed by atoms with Crippen LogP contribution < -0.4 is 15.4 Å². The van der Waals surface area contributed by atoms with Crippen molar-refractivity contribution in [2.24, 2.45) is 0 Å². The molecule has 0 aliphatic carbocycles. The summed E-state index contributed by atoms with van der Waals surface area (Å²) in [5, 5.41) is 12.1. The fourth-order valence-corrected chi connectivity index (χ4v) is 4.67. The molecule has 1 atom stereocenters. The van der Waals surface area contributed by atoms with Gasteiger partial charge in [-0.15, -0.1) is 0 Å². The molecule has 35 heavy (non-hydrogen) atoms. The topological polar surface area (TPSA) is 142 Å². The van der Waals surface area contributed by atoms with E-state index >= 15 is 0 Å². The van der Waals surface area contributed by atoms with E-state index in [1.807, 2.05) is 6.07 Å². The first-order valence-electron chi connectivity index (χ1n) is 10.9. The van der Waals surface area contributed by atoms with E-state index in [9.17, 15) is 14.4 Å². The molecule has 6 rings (SSSR count). The van der Waals surface area contributed by atoms with Crippen LogP contribution in [0.25, 0.3) is 11.1 Å². The van der Waals surface area contributed by atoms with Gasteiger partial charge in [-0.2, -0.15) is 5.10 Å². The third-order valence-electron chi connectivity index (χ3n) is 6.42. The number of aromatic amines is 1. The number of nitrogens with zero attached hydrogens (tertiary/aromatic N) is 3. The molecule has 1 aromatic carbocycles. The monoisotopic (exact) mass is 472 g/mol. The summed E-state index contributed by atoms with van der Waals surface area (Å²) in [7, 11) is 1.54. The molecule has 2 aliphatic rings. The van der Waals surface area contributed by atoms with E-state index < -0.39 is 17.2 Å². The van der Waals surface area contributed by atoms with E-state index in [1.165, 1.54) is 7.11 Å². The summed E-state index contributed by atoms with van der Waals surface area (Å²) < 4.78 is 11.3. The number of benzene rings is 1. The normalized spacial score (nSPS) is 19.3. The summed E-state index contributed by atoms with van der Waals surface area (Å²) >= 11 is 0. The number of anilines is 2. The highest BCUT2D eigenvalue weighted by atomic mass is 16.5. The molecule has 2 aliphatic heterocycles. The van der Waals surface area contributed by atoms with Crippen LogP contribution in [0.1, 0.15) is 28.1 Å². The van der Waals surface area contributed by atoms with Crippen molar-refractivity contribution in [1.29, 1.82) is 0 Å². The number of imide groups is 1. The molecule has 3 N–H and O–H groups in total. The molecular weight excluding hydrogens is 452 g/mol. The maximum Gasteiger partial charge on any atom is 0.254 e. The number of furan rings is 1. The fraction of sp³-hybridized carbons (Fsp3) is 0.208. The van der Waals surface area contributed by atoms with Gasteiger partial charge in [0.2, 0.25) is 11.8 Å². The first-order chi connectivity index (χ1) is 16.9.